The van der Waals surface area contributed by atoms with Crippen molar-refractivity contribution in [2.75, 3.05) is 20.3 Å². The van der Waals surface area contributed by atoms with Crippen LogP contribution in [0, 0.1) is 6.92 Å². The molecule has 5 nitrogen and oxygen atoms in total. The fraction of sp³-hybridized carbons (Fsp3) is 0.333. The SMILES string of the molecule is COC(=O)c1ccc(C)c(C2=COCCCN2C=O)c1. The summed E-state index contributed by atoms with van der Waals surface area (Å²) in [6, 6.07) is 5.25. The van der Waals surface area contributed by atoms with E-state index in [1.807, 2.05) is 13.0 Å². The molecule has 0 N–H and O–H groups in total. The average Bonchev–Trinajstić information content (AvgIpc) is 2.72. The van der Waals surface area contributed by atoms with E-state index in [1.54, 1.807) is 23.3 Å². The summed E-state index contributed by atoms with van der Waals surface area (Å²) >= 11 is 0. The van der Waals surface area contributed by atoms with E-state index in [0.717, 1.165) is 24.0 Å². The molecule has 0 saturated heterocycles. The Morgan fingerprint density at radius 2 is 2.25 bits per heavy atom. The highest BCUT2D eigenvalue weighted by atomic mass is 16.5. The highest BCUT2D eigenvalue weighted by molar-refractivity contribution is 5.91. The van der Waals surface area contributed by atoms with Gasteiger partial charge in [0.05, 0.1) is 25.0 Å². The molecule has 0 fully saturated rings. The molecule has 106 valence electrons. The van der Waals surface area contributed by atoms with Gasteiger partial charge in [0.25, 0.3) is 0 Å². The second-order valence-electron chi connectivity index (χ2n) is 4.55. The zero-order valence-electron chi connectivity index (χ0n) is 11.6. The summed E-state index contributed by atoms with van der Waals surface area (Å²) in [5, 5.41) is 0. The number of nitrogens with zero attached hydrogens (tertiary/aromatic N) is 1. The van der Waals surface area contributed by atoms with Crippen molar-refractivity contribution in [3.8, 4) is 0 Å². The molecule has 0 bridgehead atoms. The first-order chi connectivity index (χ1) is 9.67. The standard InChI is InChI=1S/C15H17NO4/c1-11-4-5-12(15(18)19-2)8-13(11)14-9-20-7-3-6-16(14)10-17/h4-5,8-10H,3,6-7H2,1-2H3. The number of hydrogen-bond acceptors (Lipinski definition) is 4. The van der Waals surface area contributed by atoms with Gasteiger partial charge >= 0.3 is 5.97 Å². The molecule has 0 radical (unpaired) electrons. The predicted molar refractivity (Wildman–Crippen MR) is 73.8 cm³/mol. The first-order valence-electron chi connectivity index (χ1n) is 6.40. The van der Waals surface area contributed by atoms with Crippen LogP contribution in [0.3, 0.4) is 0 Å². The highest BCUT2D eigenvalue weighted by Gasteiger charge is 2.18. The Kier molecular flexibility index (Phi) is 4.40. The topological polar surface area (TPSA) is 55.8 Å². The molecule has 0 spiro atoms. The van der Waals surface area contributed by atoms with Gasteiger partial charge in [-0.05, 0) is 31.0 Å². The molecule has 0 atom stereocenters. The van der Waals surface area contributed by atoms with Crippen molar-refractivity contribution in [1.82, 2.24) is 4.90 Å². The van der Waals surface area contributed by atoms with Gasteiger partial charge in [-0.25, -0.2) is 4.79 Å². The summed E-state index contributed by atoms with van der Waals surface area (Å²) in [4.78, 5) is 24.4. The van der Waals surface area contributed by atoms with Crippen molar-refractivity contribution in [3.05, 3.63) is 41.2 Å². The number of carbonyl (C=O) groups is 2. The van der Waals surface area contributed by atoms with Gasteiger partial charge in [0.15, 0.2) is 0 Å². The lowest BCUT2D eigenvalue weighted by atomic mass is 10.0. The summed E-state index contributed by atoms with van der Waals surface area (Å²) in [6.45, 7) is 3.09. The maximum Gasteiger partial charge on any atom is 0.337 e. The van der Waals surface area contributed by atoms with Crippen molar-refractivity contribution < 1.29 is 19.1 Å². The van der Waals surface area contributed by atoms with Gasteiger partial charge < -0.3 is 14.4 Å². The van der Waals surface area contributed by atoms with Crippen LogP contribution in [0.2, 0.25) is 0 Å². The number of rotatable bonds is 3. The van der Waals surface area contributed by atoms with E-state index >= 15 is 0 Å². The van der Waals surface area contributed by atoms with Crippen LogP contribution in [0.1, 0.15) is 27.9 Å². The number of amides is 1. The first-order valence-corrected chi connectivity index (χ1v) is 6.40. The molecule has 1 aliphatic heterocycles. The number of methoxy groups -OCH3 is 1. The Labute approximate surface area is 117 Å². The van der Waals surface area contributed by atoms with Crippen LogP contribution >= 0.6 is 0 Å². The molecule has 1 amide bonds. The molecular formula is C15H17NO4. The fourth-order valence-electron chi connectivity index (χ4n) is 2.11. The third kappa shape index (κ3) is 2.82. The van der Waals surface area contributed by atoms with Gasteiger partial charge in [0.2, 0.25) is 6.41 Å². The quantitative estimate of drug-likeness (QED) is 0.625. The normalized spacial score (nSPS) is 14.9. The van der Waals surface area contributed by atoms with Gasteiger partial charge in [-0.15, -0.1) is 0 Å². The lowest BCUT2D eigenvalue weighted by molar-refractivity contribution is -0.115. The number of carbonyl (C=O) groups excluding carboxylic acids is 2. The fourth-order valence-corrected chi connectivity index (χ4v) is 2.11. The van der Waals surface area contributed by atoms with Gasteiger partial charge in [0, 0.05) is 12.1 Å². The number of hydrogen-bond donors (Lipinski definition) is 0. The summed E-state index contributed by atoms with van der Waals surface area (Å²) in [5.41, 5.74) is 2.87. The van der Waals surface area contributed by atoms with Gasteiger partial charge in [-0.1, -0.05) is 6.07 Å². The number of aryl methyl sites for hydroxylation is 1. The van der Waals surface area contributed by atoms with Crippen LogP contribution in [0.4, 0.5) is 0 Å². The van der Waals surface area contributed by atoms with Crippen LogP contribution < -0.4 is 0 Å². The minimum atomic E-state index is -0.404. The average molecular weight is 275 g/mol. The molecular weight excluding hydrogens is 258 g/mol. The molecule has 1 aromatic carbocycles. The summed E-state index contributed by atoms with van der Waals surface area (Å²) < 4.78 is 10.1. The minimum Gasteiger partial charge on any atom is -0.499 e. The highest BCUT2D eigenvalue weighted by Crippen LogP contribution is 2.25. The largest absolute Gasteiger partial charge is 0.499 e. The number of esters is 1. The molecule has 5 heteroatoms. The molecule has 2 rings (SSSR count). The van der Waals surface area contributed by atoms with Gasteiger partial charge in [0.1, 0.15) is 6.26 Å². The summed E-state index contributed by atoms with van der Waals surface area (Å²) in [6.07, 6.45) is 3.13. The molecule has 1 heterocycles. The second-order valence-corrected chi connectivity index (χ2v) is 4.55. The molecule has 0 aliphatic carbocycles. The zero-order chi connectivity index (χ0) is 14.5. The minimum absolute atomic E-state index is 0.404. The van der Waals surface area contributed by atoms with Crippen LogP contribution in [0.15, 0.2) is 24.5 Å². The maximum atomic E-state index is 11.6. The van der Waals surface area contributed by atoms with E-state index < -0.39 is 5.97 Å². The van der Waals surface area contributed by atoms with Crippen molar-refractivity contribution >= 4 is 18.1 Å². The monoisotopic (exact) mass is 275 g/mol. The maximum absolute atomic E-state index is 11.6. The molecule has 1 aromatic rings. The van der Waals surface area contributed by atoms with E-state index in [-0.39, 0.29) is 0 Å². The molecule has 0 saturated carbocycles. The van der Waals surface area contributed by atoms with Crippen molar-refractivity contribution in [2.24, 2.45) is 0 Å². The van der Waals surface area contributed by atoms with Gasteiger partial charge in [-0.3, -0.25) is 4.79 Å². The predicted octanol–water partition coefficient (Wildman–Crippen LogP) is 1.96. The first kappa shape index (κ1) is 14.1. The van der Waals surface area contributed by atoms with E-state index in [4.69, 9.17) is 9.47 Å². The lowest BCUT2D eigenvalue weighted by Gasteiger charge is -2.20. The van der Waals surface area contributed by atoms with Crippen molar-refractivity contribution in [1.29, 1.82) is 0 Å². The Morgan fingerprint density at radius 3 is 2.95 bits per heavy atom. The lowest BCUT2D eigenvalue weighted by Crippen LogP contribution is -2.21. The van der Waals surface area contributed by atoms with E-state index in [2.05, 4.69) is 0 Å². The van der Waals surface area contributed by atoms with Crippen LogP contribution in [-0.2, 0) is 14.3 Å². The van der Waals surface area contributed by atoms with Crippen LogP contribution in [0.5, 0.6) is 0 Å². The second kappa shape index (κ2) is 6.23. The summed E-state index contributed by atoms with van der Waals surface area (Å²) in [7, 11) is 1.34. The Morgan fingerprint density at radius 1 is 1.45 bits per heavy atom. The summed E-state index contributed by atoms with van der Waals surface area (Å²) in [5.74, 6) is -0.404. The number of benzene rings is 1. The molecule has 1 aliphatic rings. The third-order valence-electron chi connectivity index (χ3n) is 3.23. The van der Waals surface area contributed by atoms with E-state index in [1.165, 1.54) is 7.11 Å². The zero-order valence-corrected chi connectivity index (χ0v) is 11.6. The Balaban J connectivity index is 2.46. The van der Waals surface area contributed by atoms with Gasteiger partial charge in [-0.2, -0.15) is 0 Å². The smallest absolute Gasteiger partial charge is 0.337 e. The third-order valence-corrected chi connectivity index (χ3v) is 3.23. The van der Waals surface area contributed by atoms with Crippen LogP contribution in [-0.4, -0.2) is 37.5 Å². The Hall–Kier alpha value is -2.30. The van der Waals surface area contributed by atoms with Crippen molar-refractivity contribution in [3.63, 3.8) is 0 Å². The Bertz CT molecular complexity index is 551. The molecule has 0 aromatic heterocycles. The molecule has 0 unspecified atom stereocenters. The molecule has 20 heavy (non-hydrogen) atoms. The van der Waals surface area contributed by atoms with Crippen LogP contribution in [0.25, 0.3) is 5.70 Å². The number of ether oxygens (including phenoxy) is 2. The van der Waals surface area contributed by atoms with Crippen molar-refractivity contribution in [2.45, 2.75) is 13.3 Å². The van der Waals surface area contributed by atoms with E-state index in [0.29, 0.717) is 24.4 Å². The van der Waals surface area contributed by atoms with E-state index in [9.17, 15) is 9.59 Å².